The van der Waals surface area contributed by atoms with Gasteiger partial charge in [-0.05, 0) is 24.7 Å². The zero-order valence-electron chi connectivity index (χ0n) is 13.4. The molecule has 23 heavy (non-hydrogen) atoms. The highest BCUT2D eigenvalue weighted by molar-refractivity contribution is 5.74. The zero-order chi connectivity index (χ0) is 16.2. The lowest BCUT2D eigenvalue weighted by atomic mass is 10.0. The Morgan fingerprint density at radius 3 is 3.04 bits per heavy atom. The van der Waals surface area contributed by atoms with Gasteiger partial charge < -0.3 is 9.84 Å². The van der Waals surface area contributed by atoms with Crippen molar-refractivity contribution in [1.82, 2.24) is 5.27 Å². The predicted octanol–water partition coefficient (Wildman–Crippen LogP) is 1.27. The summed E-state index contributed by atoms with van der Waals surface area (Å²) in [6, 6.07) is 8.01. The van der Waals surface area contributed by atoms with Gasteiger partial charge in [-0.2, -0.15) is 4.99 Å². The Bertz CT molecular complexity index is 711. The van der Waals surface area contributed by atoms with Gasteiger partial charge in [-0.1, -0.05) is 38.5 Å². The summed E-state index contributed by atoms with van der Waals surface area (Å²) in [5.74, 6) is 0.178. The first-order chi connectivity index (χ1) is 11.2. The van der Waals surface area contributed by atoms with Crippen LogP contribution in [-0.2, 0) is 11.3 Å². The number of hydrogen-bond acceptors (Lipinski definition) is 6. The molecular formula is C16H20N4O3. The molecule has 0 radical (unpaired) electrons. The molecule has 2 heterocycles. The summed E-state index contributed by atoms with van der Waals surface area (Å²) in [5, 5.41) is 17.8. The van der Waals surface area contributed by atoms with Gasteiger partial charge in [-0.15, -0.1) is 5.01 Å². The lowest BCUT2D eigenvalue weighted by Gasteiger charge is -2.20. The standard InChI is InChI=1S/C16H20N4O3/c1-3-5-10-19-11-12-8-6-7-9-13(12)14-15(23-18-20(14)19)17-16(21)22-4-2/h6-9H,3-5,10-11H2,1-2H3. The number of aromatic nitrogens is 2. The molecule has 1 aliphatic rings. The first-order valence-electron chi connectivity index (χ1n) is 7.88. The third kappa shape index (κ3) is 2.99. The quantitative estimate of drug-likeness (QED) is 0.471. The van der Waals surface area contributed by atoms with Crippen molar-refractivity contribution < 1.29 is 19.2 Å². The molecule has 1 aromatic carbocycles. The third-order valence-electron chi connectivity index (χ3n) is 3.73. The minimum atomic E-state index is -0.671. The van der Waals surface area contributed by atoms with Crippen molar-refractivity contribution >= 4 is 12.0 Å². The Morgan fingerprint density at radius 2 is 2.26 bits per heavy atom. The number of nitrogens with zero attached hydrogens (tertiary/aromatic N) is 4. The van der Waals surface area contributed by atoms with Crippen LogP contribution in [0.15, 0.2) is 33.8 Å². The van der Waals surface area contributed by atoms with Gasteiger partial charge in [0.1, 0.15) is 6.54 Å². The molecule has 0 N–H and O–H groups in total. The Kier molecular flexibility index (Phi) is 4.45. The van der Waals surface area contributed by atoms with Crippen LogP contribution < -0.4 is 14.9 Å². The first-order valence-corrected chi connectivity index (χ1v) is 7.88. The van der Waals surface area contributed by atoms with Crippen molar-refractivity contribution in [3.63, 3.8) is 0 Å². The van der Waals surface area contributed by atoms with E-state index in [4.69, 9.17) is 9.26 Å². The molecule has 0 saturated carbocycles. The van der Waals surface area contributed by atoms with Crippen LogP contribution in [0, 0.1) is 0 Å². The second-order valence-corrected chi connectivity index (χ2v) is 5.33. The van der Waals surface area contributed by atoms with Gasteiger partial charge in [0, 0.05) is 0 Å². The van der Waals surface area contributed by atoms with Crippen LogP contribution in [-0.4, -0.2) is 24.5 Å². The molecule has 0 bridgehead atoms. The van der Waals surface area contributed by atoms with Crippen LogP contribution in [0.1, 0.15) is 32.3 Å². The van der Waals surface area contributed by atoms with E-state index in [2.05, 4.69) is 28.3 Å². The Balaban J connectivity index is 2.05. The topological polar surface area (TPSA) is 77.8 Å². The van der Waals surface area contributed by atoms with E-state index in [1.165, 1.54) is 0 Å². The van der Waals surface area contributed by atoms with Gasteiger partial charge in [-0.25, -0.2) is 0 Å². The normalized spacial score (nSPS) is 13.7. The molecule has 1 aromatic heterocycles. The monoisotopic (exact) mass is 316 g/mol. The number of fused-ring (bicyclic) bond motifs is 3. The second kappa shape index (κ2) is 6.68. The number of benzene rings is 1. The summed E-state index contributed by atoms with van der Waals surface area (Å²) in [6.07, 6.45) is 1.47. The maximum Gasteiger partial charge on any atom is 0.341 e. The molecule has 2 aromatic rings. The molecule has 122 valence electrons. The van der Waals surface area contributed by atoms with Crippen molar-refractivity contribution in [2.75, 3.05) is 18.2 Å². The van der Waals surface area contributed by atoms with Crippen LogP contribution >= 0.6 is 0 Å². The van der Waals surface area contributed by atoms with Crippen LogP contribution in [0.5, 0.6) is 0 Å². The fourth-order valence-corrected chi connectivity index (χ4v) is 2.64. The molecule has 0 spiro atoms. The van der Waals surface area contributed by atoms with E-state index in [9.17, 15) is 5.11 Å². The van der Waals surface area contributed by atoms with Gasteiger partial charge in [0.05, 0.1) is 16.9 Å². The minimum Gasteiger partial charge on any atom is -0.600 e. The van der Waals surface area contributed by atoms with E-state index in [1.54, 1.807) is 11.7 Å². The highest BCUT2D eigenvalue weighted by Crippen LogP contribution is 2.32. The van der Waals surface area contributed by atoms with Crippen LogP contribution in [0.3, 0.4) is 0 Å². The van der Waals surface area contributed by atoms with Gasteiger partial charge >= 0.3 is 11.6 Å². The number of rotatable bonds is 5. The SMILES string of the molecule is CCCCN1Cc2ccccc2-c2c(/N=C(\[O-])OCC)on[n+]21. The average molecular weight is 316 g/mol. The third-order valence-corrected chi connectivity index (χ3v) is 3.73. The maximum absolute atomic E-state index is 11.7. The summed E-state index contributed by atoms with van der Waals surface area (Å²) in [7, 11) is 0. The number of ether oxygens (including phenoxy) is 1. The van der Waals surface area contributed by atoms with Crippen molar-refractivity contribution in [2.45, 2.75) is 33.2 Å². The molecule has 0 atom stereocenters. The molecule has 7 heteroatoms. The highest BCUT2D eigenvalue weighted by atomic mass is 16.6. The average Bonchev–Trinajstić information content (AvgIpc) is 2.97. The molecule has 0 aliphatic carbocycles. The summed E-state index contributed by atoms with van der Waals surface area (Å²) < 4.78 is 10.2. The second-order valence-electron chi connectivity index (χ2n) is 5.33. The van der Waals surface area contributed by atoms with Gasteiger partial charge in [0.2, 0.25) is 5.27 Å². The van der Waals surface area contributed by atoms with Crippen molar-refractivity contribution in [3.8, 4) is 11.3 Å². The lowest BCUT2D eigenvalue weighted by Crippen LogP contribution is -2.61. The lowest BCUT2D eigenvalue weighted by molar-refractivity contribution is -0.752. The smallest absolute Gasteiger partial charge is 0.341 e. The molecular weight excluding hydrogens is 296 g/mol. The van der Waals surface area contributed by atoms with Gasteiger partial charge in [0.25, 0.3) is 0 Å². The Labute approximate surface area is 134 Å². The van der Waals surface area contributed by atoms with Crippen molar-refractivity contribution in [1.29, 1.82) is 0 Å². The van der Waals surface area contributed by atoms with Gasteiger partial charge in [-0.3, -0.25) is 4.52 Å². The van der Waals surface area contributed by atoms with E-state index in [1.807, 2.05) is 18.2 Å². The number of unbranched alkanes of at least 4 members (excludes halogenated alkanes) is 1. The molecule has 0 fully saturated rings. The Morgan fingerprint density at radius 1 is 1.43 bits per heavy atom. The van der Waals surface area contributed by atoms with Crippen LogP contribution in [0.2, 0.25) is 0 Å². The first kappa shape index (κ1) is 15.3. The fourth-order valence-electron chi connectivity index (χ4n) is 2.64. The molecule has 1 aliphatic heterocycles. The summed E-state index contributed by atoms with van der Waals surface area (Å²) in [4.78, 5) is 5.60. The van der Waals surface area contributed by atoms with Crippen LogP contribution in [0.25, 0.3) is 11.3 Å². The largest absolute Gasteiger partial charge is 0.600 e. The van der Waals surface area contributed by atoms with E-state index in [-0.39, 0.29) is 12.5 Å². The zero-order valence-corrected chi connectivity index (χ0v) is 13.4. The van der Waals surface area contributed by atoms with E-state index in [0.717, 1.165) is 37.1 Å². The fraction of sp³-hybridized carbons (Fsp3) is 0.438. The summed E-state index contributed by atoms with van der Waals surface area (Å²) >= 11 is 0. The Hall–Kier alpha value is -2.57. The highest BCUT2D eigenvalue weighted by Gasteiger charge is 2.37. The number of aliphatic imine (C=N–C) groups is 1. The molecule has 0 unspecified atom stereocenters. The van der Waals surface area contributed by atoms with Gasteiger partial charge in [0.15, 0.2) is 6.08 Å². The van der Waals surface area contributed by atoms with E-state index < -0.39 is 6.08 Å². The molecule has 3 rings (SSSR count). The number of hydrogen-bond donors (Lipinski definition) is 0. The summed E-state index contributed by atoms with van der Waals surface area (Å²) in [6.45, 7) is 5.76. The maximum atomic E-state index is 11.7. The van der Waals surface area contributed by atoms with E-state index in [0.29, 0.717) is 5.69 Å². The predicted molar refractivity (Wildman–Crippen MR) is 82.6 cm³/mol. The molecule has 0 saturated heterocycles. The van der Waals surface area contributed by atoms with Crippen molar-refractivity contribution in [2.24, 2.45) is 4.99 Å². The summed E-state index contributed by atoms with van der Waals surface area (Å²) in [5.41, 5.74) is 2.83. The molecule has 0 amide bonds. The van der Waals surface area contributed by atoms with Crippen molar-refractivity contribution in [3.05, 3.63) is 29.8 Å². The molecule has 7 nitrogen and oxygen atoms in total. The minimum absolute atomic E-state index is 0.178. The van der Waals surface area contributed by atoms with E-state index >= 15 is 0 Å². The van der Waals surface area contributed by atoms with Crippen LogP contribution in [0.4, 0.5) is 5.88 Å².